The molecule has 0 spiro atoms. The van der Waals surface area contributed by atoms with Crippen molar-refractivity contribution >= 4 is 23.6 Å². The number of aliphatic hydroxyl groups excluding tert-OH is 1. The van der Waals surface area contributed by atoms with Crippen LogP contribution in [-0.4, -0.2) is 43.9 Å². The fraction of sp³-hybridized carbons (Fsp3) is 0.379. The molecule has 0 aliphatic carbocycles. The summed E-state index contributed by atoms with van der Waals surface area (Å²) < 4.78 is 12.7. The van der Waals surface area contributed by atoms with E-state index >= 15 is 0 Å². The summed E-state index contributed by atoms with van der Waals surface area (Å²) in [7, 11) is 0. The number of hydrogen-bond donors (Lipinski definition) is 3. The van der Waals surface area contributed by atoms with Crippen molar-refractivity contribution in [2.24, 2.45) is 0 Å². The molecule has 0 unspecified atom stereocenters. The molecule has 0 saturated carbocycles. The third-order valence-corrected chi connectivity index (χ3v) is 7.35. The van der Waals surface area contributed by atoms with Gasteiger partial charge in [0.05, 0.1) is 18.8 Å². The van der Waals surface area contributed by atoms with Crippen molar-refractivity contribution in [3.05, 3.63) is 89.2 Å². The van der Waals surface area contributed by atoms with E-state index in [9.17, 15) is 14.7 Å². The molecule has 1 saturated heterocycles. The molecule has 1 aromatic heterocycles. The number of thioether (sulfide) groups is 1. The van der Waals surface area contributed by atoms with Gasteiger partial charge in [-0.15, -0.1) is 0 Å². The van der Waals surface area contributed by atoms with Crippen molar-refractivity contribution in [1.82, 2.24) is 15.3 Å². The van der Waals surface area contributed by atoms with Crippen molar-refractivity contribution in [3.8, 4) is 0 Å². The summed E-state index contributed by atoms with van der Waals surface area (Å²) in [6, 6.07) is 17.3. The first-order valence-corrected chi connectivity index (χ1v) is 14.0. The standard InChI is InChI=1S/C29H33N3O6S/c33-18-21-8-10-22(11-9-21)25-16-24(19-39-29-30-14-3-15-31-29)37-28(38-25)23-12-6-20(7-13-23)17-32-26(34)4-1-2-5-27(35)36/h3,6-15,24-25,28,33H,1-2,4-5,16-19H2,(H,32,34)(H,35,36)/t24-,25+,28+/m0/s1. The average Bonchev–Trinajstić information content (AvgIpc) is 2.98. The van der Waals surface area contributed by atoms with Gasteiger partial charge in [0.25, 0.3) is 0 Å². The van der Waals surface area contributed by atoms with Crippen LogP contribution < -0.4 is 5.32 Å². The molecule has 2 aromatic carbocycles. The van der Waals surface area contributed by atoms with Crippen LogP contribution in [0, 0.1) is 0 Å². The lowest BCUT2D eigenvalue weighted by molar-refractivity contribution is -0.245. The van der Waals surface area contributed by atoms with Crippen LogP contribution in [0.4, 0.5) is 0 Å². The average molecular weight is 552 g/mol. The SMILES string of the molecule is O=C(O)CCCCC(=O)NCc1ccc([C@@H]2O[C@H](CSc3ncccn3)C[C@H](c3ccc(CO)cc3)O2)cc1. The number of aliphatic hydroxyl groups is 1. The number of carbonyl (C=O) groups excluding carboxylic acids is 1. The number of nitrogens with zero attached hydrogens (tertiary/aromatic N) is 2. The second-order valence-electron chi connectivity index (χ2n) is 9.31. The number of nitrogens with one attached hydrogen (secondary N) is 1. The van der Waals surface area contributed by atoms with Gasteiger partial charge in [-0.25, -0.2) is 9.97 Å². The smallest absolute Gasteiger partial charge is 0.303 e. The lowest BCUT2D eigenvalue weighted by Gasteiger charge is -2.36. The number of rotatable bonds is 13. The lowest BCUT2D eigenvalue weighted by atomic mass is 10.0. The maximum absolute atomic E-state index is 12.1. The van der Waals surface area contributed by atoms with Crippen molar-refractivity contribution in [3.63, 3.8) is 0 Å². The number of carbonyl (C=O) groups is 2. The molecule has 9 nitrogen and oxygen atoms in total. The van der Waals surface area contributed by atoms with Gasteiger partial charge in [0.2, 0.25) is 5.91 Å². The molecule has 39 heavy (non-hydrogen) atoms. The van der Waals surface area contributed by atoms with Crippen LogP contribution in [0.15, 0.2) is 72.1 Å². The molecular weight excluding hydrogens is 518 g/mol. The molecule has 1 amide bonds. The van der Waals surface area contributed by atoms with Crippen LogP contribution in [0.5, 0.6) is 0 Å². The van der Waals surface area contributed by atoms with E-state index in [0.717, 1.165) is 22.3 Å². The highest BCUT2D eigenvalue weighted by atomic mass is 32.2. The van der Waals surface area contributed by atoms with Crippen LogP contribution >= 0.6 is 11.8 Å². The molecule has 2 heterocycles. The van der Waals surface area contributed by atoms with Crippen LogP contribution in [0.3, 0.4) is 0 Å². The summed E-state index contributed by atoms with van der Waals surface area (Å²) in [6.07, 6.45) is 4.69. The number of aromatic nitrogens is 2. The summed E-state index contributed by atoms with van der Waals surface area (Å²) >= 11 is 1.54. The first-order valence-electron chi connectivity index (χ1n) is 13.0. The van der Waals surface area contributed by atoms with Gasteiger partial charge in [0.1, 0.15) is 0 Å². The van der Waals surface area contributed by atoms with E-state index in [4.69, 9.17) is 14.6 Å². The minimum Gasteiger partial charge on any atom is -0.481 e. The largest absolute Gasteiger partial charge is 0.481 e. The first kappa shape index (κ1) is 28.7. The monoisotopic (exact) mass is 551 g/mol. The first-order chi connectivity index (χ1) is 19.0. The molecule has 206 valence electrons. The van der Waals surface area contributed by atoms with Crippen molar-refractivity contribution in [2.75, 3.05) is 5.75 Å². The minimum absolute atomic E-state index is 0.00853. The fourth-order valence-corrected chi connectivity index (χ4v) is 5.01. The number of ether oxygens (including phenoxy) is 2. The number of aliphatic carboxylic acids is 1. The van der Waals surface area contributed by atoms with Gasteiger partial charge in [-0.1, -0.05) is 60.3 Å². The van der Waals surface area contributed by atoms with Gasteiger partial charge in [0.15, 0.2) is 11.4 Å². The molecule has 3 N–H and O–H groups in total. The number of unbranched alkanes of at least 4 members (excludes halogenated alkanes) is 1. The number of benzene rings is 2. The van der Waals surface area contributed by atoms with E-state index in [1.807, 2.05) is 48.5 Å². The summed E-state index contributed by atoms with van der Waals surface area (Å²) in [4.78, 5) is 31.2. The van der Waals surface area contributed by atoms with Crippen LogP contribution in [0.2, 0.25) is 0 Å². The van der Waals surface area contributed by atoms with Gasteiger partial charge in [-0.2, -0.15) is 0 Å². The van der Waals surface area contributed by atoms with Gasteiger partial charge >= 0.3 is 5.97 Å². The third-order valence-electron chi connectivity index (χ3n) is 6.34. The van der Waals surface area contributed by atoms with E-state index in [-0.39, 0.29) is 31.1 Å². The van der Waals surface area contributed by atoms with Crippen LogP contribution in [-0.2, 0) is 32.2 Å². The lowest BCUT2D eigenvalue weighted by Crippen LogP contribution is -2.31. The van der Waals surface area contributed by atoms with Crippen molar-refractivity contribution < 1.29 is 29.3 Å². The van der Waals surface area contributed by atoms with Crippen molar-refractivity contribution in [1.29, 1.82) is 0 Å². The Morgan fingerprint density at radius 2 is 1.59 bits per heavy atom. The topological polar surface area (TPSA) is 131 Å². The fourth-order valence-electron chi connectivity index (χ4n) is 4.19. The highest BCUT2D eigenvalue weighted by Gasteiger charge is 2.32. The van der Waals surface area contributed by atoms with Crippen LogP contribution in [0.25, 0.3) is 0 Å². The summed E-state index contributed by atoms with van der Waals surface area (Å²) in [6.45, 7) is 0.381. The minimum atomic E-state index is -0.845. The summed E-state index contributed by atoms with van der Waals surface area (Å²) in [5.74, 6) is -0.269. The maximum atomic E-state index is 12.1. The van der Waals surface area contributed by atoms with E-state index in [1.165, 1.54) is 0 Å². The molecular formula is C29H33N3O6S. The Bertz CT molecular complexity index is 1190. The second kappa shape index (κ2) is 14.7. The molecule has 1 aliphatic rings. The van der Waals surface area contributed by atoms with Gasteiger partial charge in [0, 0.05) is 49.5 Å². The Morgan fingerprint density at radius 1 is 0.923 bits per heavy atom. The Labute approximate surface area is 232 Å². The van der Waals surface area contributed by atoms with Gasteiger partial charge in [-0.3, -0.25) is 9.59 Å². The van der Waals surface area contributed by atoms with Crippen molar-refractivity contribution in [2.45, 2.75) is 68.9 Å². The predicted molar refractivity (Wildman–Crippen MR) is 146 cm³/mol. The molecule has 10 heteroatoms. The Kier molecular flexibility index (Phi) is 10.8. The van der Waals surface area contributed by atoms with E-state index < -0.39 is 12.3 Å². The Hall–Kier alpha value is -3.31. The van der Waals surface area contributed by atoms with E-state index in [0.29, 0.717) is 43.1 Å². The highest BCUT2D eigenvalue weighted by molar-refractivity contribution is 7.99. The van der Waals surface area contributed by atoms with Gasteiger partial charge in [-0.05, 0) is 35.6 Å². The molecule has 0 radical (unpaired) electrons. The highest BCUT2D eigenvalue weighted by Crippen LogP contribution is 2.39. The molecule has 0 bridgehead atoms. The molecule has 4 rings (SSSR count). The summed E-state index contributed by atoms with van der Waals surface area (Å²) in [5, 5.41) is 21.7. The zero-order valence-corrected chi connectivity index (χ0v) is 22.4. The van der Waals surface area contributed by atoms with Crippen LogP contribution in [0.1, 0.15) is 66.8 Å². The molecule has 1 aliphatic heterocycles. The maximum Gasteiger partial charge on any atom is 0.303 e. The zero-order chi connectivity index (χ0) is 27.5. The Balaban J connectivity index is 1.37. The Morgan fingerprint density at radius 3 is 2.28 bits per heavy atom. The molecule has 1 fully saturated rings. The summed E-state index contributed by atoms with van der Waals surface area (Å²) in [5.41, 5.74) is 3.69. The number of hydrogen-bond acceptors (Lipinski definition) is 8. The number of carboxylic acid groups (broad SMARTS) is 1. The predicted octanol–water partition coefficient (Wildman–Crippen LogP) is 4.57. The second-order valence-corrected chi connectivity index (χ2v) is 10.3. The van der Waals surface area contributed by atoms with E-state index in [1.54, 1.807) is 30.2 Å². The number of amides is 1. The third kappa shape index (κ3) is 9.14. The normalized spacial score (nSPS) is 18.9. The number of carboxylic acids is 1. The van der Waals surface area contributed by atoms with E-state index in [2.05, 4.69) is 15.3 Å². The molecule has 3 aromatic rings. The quantitative estimate of drug-likeness (QED) is 0.159. The van der Waals surface area contributed by atoms with Gasteiger partial charge < -0.3 is 25.0 Å². The zero-order valence-electron chi connectivity index (χ0n) is 21.6. The molecule has 3 atom stereocenters.